The van der Waals surface area contributed by atoms with Crippen LogP contribution in [-0.2, 0) is 19.0 Å². The van der Waals surface area contributed by atoms with Crippen LogP contribution in [0.2, 0.25) is 0 Å². The molecule has 0 unspecified atom stereocenters. The summed E-state index contributed by atoms with van der Waals surface area (Å²) in [5, 5.41) is 8.92. The second-order valence-electron chi connectivity index (χ2n) is 7.65. The molecule has 1 aromatic heterocycles. The van der Waals surface area contributed by atoms with Crippen molar-refractivity contribution in [3.63, 3.8) is 0 Å². The number of hydrogen-bond acceptors (Lipinski definition) is 2. The van der Waals surface area contributed by atoms with E-state index >= 15 is 0 Å². The number of aromatic nitrogens is 2. The number of aryl methyl sites for hydroxylation is 1. The molecular formula is C26H21ClF3N3. The van der Waals surface area contributed by atoms with E-state index in [4.69, 9.17) is 5.26 Å². The van der Waals surface area contributed by atoms with Gasteiger partial charge in [0.1, 0.15) is 5.82 Å². The van der Waals surface area contributed by atoms with Crippen molar-refractivity contribution in [3.8, 4) is 17.2 Å². The highest BCUT2D eigenvalue weighted by atomic mass is 35.5. The van der Waals surface area contributed by atoms with Gasteiger partial charge in [-0.1, -0.05) is 54.6 Å². The van der Waals surface area contributed by atoms with E-state index in [1.54, 1.807) is 30.3 Å². The van der Waals surface area contributed by atoms with Crippen LogP contribution in [0.4, 0.5) is 13.2 Å². The SMILES string of the molecule is Cc1nc(Cc2ccc(-c3ccccc3C(F)(F)F)cc2)[nH]c1Cc1ccc(C#N)cc1.Cl. The molecule has 0 radical (unpaired) electrons. The van der Waals surface area contributed by atoms with Crippen molar-refractivity contribution in [2.24, 2.45) is 0 Å². The fourth-order valence-electron chi connectivity index (χ4n) is 3.70. The first-order valence-corrected chi connectivity index (χ1v) is 10.1. The predicted molar refractivity (Wildman–Crippen MR) is 124 cm³/mol. The van der Waals surface area contributed by atoms with Gasteiger partial charge in [-0.15, -0.1) is 12.4 Å². The summed E-state index contributed by atoms with van der Waals surface area (Å²) in [6.45, 7) is 1.94. The number of nitriles is 1. The van der Waals surface area contributed by atoms with Crippen LogP contribution >= 0.6 is 12.4 Å². The molecule has 3 nitrogen and oxygen atoms in total. The Morgan fingerprint density at radius 2 is 1.48 bits per heavy atom. The zero-order valence-electron chi connectivity index (χ0n) is 17.8. The van der Waals surface area contributed by atoms with Crippen molar-refractivity contribution in [1.29, 1.82) is 5.26 Å². The van der Waals surface area contributed by atoms with Crippen LogP contribution in [-0.4, -0.2) is 9.97 Å². The van der Waals surface area contributed by atoms with Gasteiger partial charge in [-0.2, -0.15) is 18.4 Å². The molecule has 0 saturated carbocycles. The Morgan fingerprint density at radius 3 is 2.12 bits per heavy atom. The average molecular weight is 468 g/mol. The predicted octanol–water partition coefficient (Wildman–Crippen LogP) is 6.88. The summed E-state index contributed by atoms with van der Waals surface area (Å²) in [7, 11) is 0. The molecule has 4 rings (SSSR count). The highest BCUT2D eigenvalue weighted by Crippen LogP contribution is 2.37. The lowest BCUT2D eigenvalue weighted by atomic mass is 9.98. The zero-order chi connectivity index (χ0) is 22.7. The number of nitrogens with zero attached hydrogens (tertiary/aromatic N) is 2. The lowest BCUT2D eigenvalue weighted by Crippen LogP contribution is -2.06. The fourth-order valence-corrected chi connectivity index (χ4v) is 3.70. The molecule has 0 aliphatic heterocycles. The maximum absolute atomic E-state index is 13.3. The molecule has 0 bridgehead atoms. The van der Waals surface area contributed by atoms with Crippen LogP contribution < -0.4 is 0 Å². The van der Waals surface area contributed by atoms with Gasteiger partial charge >= 0.3 is 6.18 Å². The van der Waals surface area contributed by atoms with Crippen LogP contribution in [0.15, 0.2) is 72.8 Å². The Kier molecular flexibility index (Phi) is 7.25. The molecule has 0 spiro atoms. The smallest absolute Gasteiger partial charge is 0.345 e. The van der Waals surface area contributed by atoms with Gasteiger partial charge in [-0.25, -0.2) is 4.98 Å². The molecule has 33 heavy (non-hydrogen) atoms. The van der Waals surface area contributed by atoms with E-state index in [2.05, 4.69) is 16.0 Å². The summed E-state index contributed by atoms with van der Waals surface area (Å²) < 4.78 is 39.9. The topological polar surface area (TPSA) is 52.5 Å². The highest BCUT2D eigenvalue weighted by molar-refractivity contribution is 5.85. The first kappa shape index (κ1) is 24.1. The van der Waals surface area contributed by atoms with Gasteiger partial charge < -0.3 is 4.98 Å². The number of nitrogens with one attached hydrogen (secondary N) is 1. The molecule has 168 valence electrons. The summed E-state index contributed by atoms with van der Waals surface area (Å²) >= 11 is 0. The third-order valence-corrected chi connectivity index (χ3v) is 5.37. The number of benzene rings is 3. The quantitative estimate of drug-likeness (QED) is 0.348. The van der Waals surface area contributed by atoms with E-state index < -0.39 is 11.7 Å². The Balaban J connectivity index is 0.00000306. The molecule has 0 fully saturated rings. The van der Waals surface area contributed by atoms with Gasteiger partial charge in [0.05, 0.1) is 22.9 Å². The minimum Gasteiger partial charge on any atom is -0.345 e. The molecule has 0 saturated heterocycles. The number of alkyl halides is 3. The van der Waals surface area contributed by atoms with E-state index in [0.29, 0.717) is 24.0 Å². The first-order chi connectivity index (χ1) is 15.3. The minimum absolute atomic E-state index is 0. The molecule has 0 aliphatic carbocycles. The Bertz CT molecular complexity index is 1270. The van der Waals surface area contributed by atoms with Crippen molar-refractivity contribution in [3.05, 3.63) is 112 Å². The molecule has 3 aromatic carbocycles. The summed E-state index contributed by atoms with van der Waals surface area (Å²) in [5.74, 6) is 0.801. The second-order valence-corrected chi connectivity index (χ2v) is 7.65. The van der Waals surface area contributed by atoms with Gasteiger partial charge in [0.2, 0.25) is 0 Å². The van der Waals surface area contributed by atoms with Gasteiger partial charge in [-0.3, -0.25) is 0 Å². The van der Waals surface area contributed by atoms with E-state index in [-0.39, 0.29) is 18.0 Å². The number of halogens is 4. The van der Waals surface area contributed by atoms with Crippen molar-refractivity contribution in [1.82, 2.24) is 9.97 Å². The number of imidazole rings is 1. The summed E-state index contributed by atoms with van der Waals surface area (Å²) in [6, 6.07) is 22.2. The number of H-pyrrole nitrogens is 1. The van der Waals surface area contributed by atoms with Gasteiger partial charge in [0.15, 0.2) is 0 Å². The summed E-state index contributed by atoms with van der Waals surface area (Å²) in [6.07, 6.45) is -3.17. The van der Waals surface area contributed by atoms with Crippen molar-refractivity contribution in [2.45, 2.75) is 25.9 Å². The molecular weight excluding hydrogens is 447 g/mol. The van der Waals surface area contributed by atoms with Crippen LogP contribution in [0.5, 0.6) is 0 Å². The van der Waals surface area contributed by atoms with Gasteiger partial charge in [0.25, 0.3) is 0 Å². The Labute approximate surface area is 196 Å². The molecule has 1 N–H and O–H groups in total. The lowest BCUT2D eigenvalue weighted by molar-refractivity contribution is -0.137. The lowest BCUT2D eigenvalue weighted by Gasteiger charge is -2.13. The third-order valence-electron chi connectivity index (χ3n) is 5.37. The van der Waals surface area contributed by atoms with Gasteiger partial charge in [0, 0.05) is 18.5 Å². The molecule has 1 heterocycles. The number of rotatable bonds is 5. The molecule has 0 amide bonds. The number of aromatic amines is 1. The van der Waals surface area contributed by atoms with Crippen molar-refractivity contribution in [2.75, 3.05) is 0 Å². The molecule has 0 atom stereocenters. The van der Waals surface area contributed by atoms with E-state index in [9.17, 15) is 13.2 Å². The maximum Gasteiger partial charge on any atom is 0.417 e. The standard InChI is InChI=1S/C26H20F3N3.ClH/c1-17-24(14-18-6-8-20(16-30)9-7-18)32-25(31-17)15-19-10-12-21(13-11-19)22-4-2-3-5-23(22)26(27,28)29;/h2-13H,14-15H2,1H3,(H,31,32);1H. The van der Waals surface area contributed by atoms with Gasteiger partial charge in [-0.05, 0) is 47.4 Å². The average Bonchev–Trinajstić information content (AvgIpc) is 3.12. The molecule has 7 heteroatoms. The Hall–Kier alpha value is -3.56. The van der Waals surface area contributed by atoms with Crippen molar-refractivity contribution >= 4 is 12.4 Å². The summed E-state index contributed by atoms with van der Waals surface area (Å²) in [5.41, 5.74) is 4.62. The number of hydrogen-bond donors (Lipinski definition) is 1. The van der Waals surface area contributed by atoms with Crippen LogP contribution in [0, 0.1) is 18.3 Å². The minimum atomic E-state index is -4.40. The summed E-state index contributed by atoms with van der Waals surface area (Å²) in [4.78, 5) is 7.96. The van der Waals surface area contributed by atoms with Crippen LogP contribution in [0.3, 0.4) is 0 Å². The van der Waals surface area contributed by atoms with Crippen molar-refractivity contribution < 1.29 is 13.2 Å². The molecule has 0 aliphatic rings. The fraction of sp³-hybridized carbons (Fsp3) is 0.154. The van der Waals surface area contributed by atoms with E-state index in [0.717, 1.165) is 34.4 Å². The Morgan fingerprint density at radius 1 is 0.879 bits per heavy atom. The highest BCUT2D eigenvalue weighted by Gasteiger charge is 2.33. The normalized spacial score (nSPS) is 11.0. The van der Waals surface area contributed by atoms with E-state index in [1.165, 1.54) is 12.1 Å². The first-order valence-electron chi connectivity index (χ1n) is 10.1. The zero-order valence-corrected chi connectivity index (χ0v) is 18.6. The van der Waals surface area contributed by atoms with Crippen LogP contribution in [0.1, 0.15) is 39.5 Å². The second kappa shape index (κ2) is 9.93. The van der Waals surface area contributed by atoms with Crippen LogP contribution in [0.25, 0.3) is 11.1 Å². The third kappa shape index (κ3) is 5.63. The largest absolute Gasteiger partial charge is 0.417 e. The van der Waals surface area contributed by atoms with E-state index in [1.807, 2.05) is 31.2 Å². The monoisotopic (exact) mass is 467 g/mol. The molecule has 4 aromatic rings. The maximum atomic E-state index is 13.3.